The van der Waals surface area contributed by atoms with Gasteiger partial charge in [0.2, 0.25) is 0 Å². The zero-order chi connectivity index (χ0) is 8.27. The monoisotopic (exact) mass is 154 g/mol. The lowest BCUT2D eigenvalue weighted by atomic mass is 10.0. The van der Waals surface area contributed by atoms with Crippen molar-refractivity contribution >= 4 is 0 Å². The van der Waals surface area contributed by atoms with E-state index >= 15 is 0 Å². The summed E-state index contributed by atoms with van der Waals surface area (Å²) < 4.78 is 5.24. The molecule has 0 radical (unpaired) electrons. The van der Waals surface area contributed by atoms with Crippen LogP contribution in [-0.2, 0) is 4.74 Å². The molecule has 11 heavy (non-hydrogen) atoms. The van der Waals surface area contributed by atoms with Crippen molar-refractivity contribution in [2.75, 3.05) is 6.61 Å². The van der Waals surface area contributed by atoms with Gasteiger partial charge in [-0.3, -0.25) is 0 Å². The summed E-state index contributed by atoms with van der Waals surface area (Å²) in [6, 6.07) is 0. The van der Waals surface area contributed by atoms with E-state index in [9.17, 15) is 5.11 Å². The first kappa shape index (κ1) is 8.34. The summed E-state index contributed by atoms with van der Waals surface area (Å²) in [5.74, 6) is 0.701. The highest BCUT2D eigenvalue weighted by atomic mass is 16.5. The van der Waals surface area contributed by atoms with E-state index in [2.05, 4.69) is 0 Å². The van der Waals surface area contributed by atoms with Crippen molar-refractivity contribution in [2.45, 2.75) is 26.4 Å². The van der Waals surface area contributed by atoms with Crippen molar-refractivity contribution in [3.05, 3.63) is 23.5 Å². The number of aliphatic hydroxyl groups is 1. The van der Waals surface area contributed by atoms with Crippen LogP contribution in [0.25, 0.3) is 0 Å². The second-order valence-corrected chi connectivity index (χ2v) is 2.63. The Morgan fingerprint density at radius 2 is 2.36 bits per heavy atom. The van der Waals surface area contributed by atoms with Gasteiger partial charge in [-0.25, -0.2) is 0 Å². The molecule has 0 saturated heterocycles. The van der Waals surface area contributed by atoms with Gasteiger partial charge in [0.25, 0.3) is 0 Å². The van der Waals surface area contributed by atoms with Gasteiger partial charge in [-0.1, -0.05) is 6.08 Å². The van der Waals surface area contributed by atoms with Crippen molar-refractivity contribution < 1.29 is 9.84 Å². The normalized spacial score (nSPS) is 24.1. The van der Waals surface area contributed by atoms with Crippen molar-refractivity contribution in [1.29, 1.82) is 0 Å². The first-order valence-corrected chi connectivity index (χ1v) is 3.93. The standard InChI is InChI=1S/C9H14O2/c1-3-11-8-6-4-5-7(2)9(8)10/h5-6,9-10H,3-4H2,1-2H3. The number of hydrogen-bond acceptors (Lipinski definition) is 2. The smallest absolute Gasteiger partial charge is 0.131 e. The predicted octanol–water partition coefficient (Wildman–Crippen LogP) is 1.62. The Labute approximate surface area is 67.2 Å². The van der Waals surface area contributed by atoms with Crippen LogP contribution >= 0.6 is 0 Å². The van der Waals surface area contributed by atoms with E-state index in [0.717, 1.165) is 12.0 Å². The Hall–Kier alpha value is -0.760. The number of rotatable bonds is 2. The Kier molecular flexibility index (Phi) is 2.71. The van der Waals surface area contributed by atoms with Crippen molar-refractivity contribution in [1.82, 2.24) is 0 Å². The van der Waals surface area contributed by atoms with Crippen molar-refractivity contribution in [3.8, 4) is 0 Å². The van der Waals surface area contributed by atoms with E-state index in [1.54, 1.807) is 0 Å². The number of ether oxygens (including phenoxy) is 1. The van der Waals surface area contributed by atoms with Crippen LogP contribution in [0.1, 0.15) is 20.3 Å². The van der Waals surface area contributed by atoms with Crippen LogP contribution in [0.5, 0.6) is 0 Å². The molecule has 0 bridgehead atoms. The second kappa shape index (κ2) is 3.58. The molecule has 1 atom stereocenters. The van der Waals surface area contributed by atoms with Crippen molar-refractivity contribution in [3.63, 3.8) is 0 Å². The first-order chi connectivity index (χ1) is 5.25. The molecule has 0 spiro atoms. The number of allylic oxidation sites excluding steroid dienone is 2. The van der Waals surface area contributed by atoms with Gasteiger partial charge in [0.1, 0.15) is 11.9 Å². The highest BCUT2D eigenvalue weighted by molar-refractivity contribution is 5.23. The zero-order valence-corrected chi connectivity index (χ0v) is 7.00. The number of hydrogen-bond donors (Lipinski definition) is 1. The summed E-state index contributed by atoms with van der Waals surface area (Å²) >= 11 is 0. The quantitative estimate of drug-likeness (QED) is 0.612. The third-order valence-electron chi connectivity index (χ3n) is 1.77. The molecule has 0 aromatic rings. The van der Waals surface area contributed by atoms with Crippen LogP contribution in [0.4, 0.5) is 0 Å². The molecule has 2 nitrogen and oxygen atoms in total. The summed E-state index contributed by atoms with van der Waals surface area (Å²) in [5, 5.41) is 9.51. The van der Waals surface area contributed by atoms with Gasteiger partial charge in [-0.05, 0) is 31.9 Å². The largest absolute Gasteiger partial charge is 0.495 e. The van der Waals surface area contributed by atoms with E-state index in [1.165, 1.54) is 0 Å². The van der Waals surface area contributed by atoms with Crippen LogP contribution in [0.2, 0.25) is 0 Å². The maximum absolute atomic E-state index is 9.51. The summed E-state index contributed by atoms with van der Waals surface area (Å²) in [6.45, 7) is 4.45. The lowest BCUT2D eigenvalue weighted by Crippen LogP contribution is -2.16. The lowest BCUT2D eigenvalue weighted by Gasteiger charge is -2.19. The molecular formula is C9H14O2. The third kappa shape index (κ3) is 1.84. The van der Waals surface area contributed by atoms with Crippen LogP contribution in [0.3, 0.4) is 0 Å². The fourth-order valence-corrected chi connectivity index (χ4v) is 1.11. The van der Waals surface area contributed by atoms with Gasteiger partial charge in [-0.2, -0.15) is 0 Å². The van der Waals surface area contributed by atoms with E-state index in [4.69, 9.17) is 4.74 Å². The minimum atomic E-state index is -0.510. The predicted molar refractivity (Wildman–Crippen MR) is 44.1 cm³/mol. The fourth-order valence-electron chi connectivity index (χ4n) is 1.11. The highest BCUT2D eigenvalue weighted by Gasteiger charge is 2.15. The highest BCUT2D eigenvalue weighted by Crippen LogP contribution is 2.19. The molecule has 2 heteroatoms. The molecule has 0 saturated carbocycles. The van der Waals surface area contributed by atoms with Crippen LogP contribution in [-0.4, -0.2) is 17.8 Å². The van der Waals surface area contributed by atoms with Gasteiger partial charge in [0, 0.05) is 0 Å². The van der Waals surface area contributed by atoms with Gasteiger partial charge in [0.05, 0.1) is 6.61 Å². The lowest BCUT2D eigenvalue weighted by molar-refractivity contribution is 0.125. The minimum absolute atomic E-state index is 0.510. The fraction of sp³-hybridized carbons (Fsp3) is 0.556. The van der Waals surface area contributed by atoms with E-state index in [-0.39, 0.29) is 0 Å². The van der Waals surface area contributed by atoms with E-state index in [0.29, 0.717) is 12.4 Å². The average Bonchev–Trinajstić information content (AvgIpc) is 1.99. The van der Waals surface area contributed by atoms with Gasteiger partial charge < -0.3 is 9.84 Å². The Morgan fingerprint density at radius 1 is 1.64 bits per heavy atom. The average molecular weight is 154 g/mol. The molecule has 1 aliphatic carbocycles. The summed E-state index contributed by atoms with van der Waals surface area (Å²) in [7, 11) is 0. The SMILES string of the molecule is CCOC1=CCC=C(C)C1O. The molecule has 0 aromatic carbocycles. The van der Waals surface area contributed by atoms with Gasteiger partial charge in [0.15, 0.2) is 0 Å². The molecule has 0 aliphatic heterocycles. The van der Waals surface area contributed by atoms with Crippen LogP contribution in [0, 0.1) is 0 Å². The molecule has 1 aliphatic rings. The minimum Gasteiger partial charge on any atom is -0.495 e. The van der Waals surface area contributed by atoms with E-state index < -0.39 is 6.10 Å². The molecule has 0 amide bonds. The maximum Gasteiger partial charge on any atom is 0.131 e. The molecule has 1 N–H and O–H groups in total. The Morgan fingerprint density at radius 3 is 3.00 bits per heavy atom. The molecule has 1 unspecified atom stereocenters. The van der Waals surface area contributed by atoms with E-state index in [1.807, 2.05) is 26.0 Å². The van der Waals surface area contributed by atoms with Crippen LogP contribution < -0.4 is 0 Å². The number of aliphatic hydroxyl groups excluding tert-OH is 1. The maximum atomic E-state index is 9.51. The van der Waals surface area contributed by atoms with Crippen molar-refractivity contribution in [2.24, 2.45) is 0 Å². The molecule has 62 valence electrons. The first-order valence-electron chi connectivity index (χ1n) is 3.93. The van der Waals surface area contributed by atoms with Gasteiger partial charge >= 0.3 is 0 Å². The molecule has 0 heterocycles. The van der Waals surface area contributed by atoms with Gasteiger partial charge in [-0.15, -0.1) is 0 Å². The molecule has 1 rings (SSSR count). The topological polar surface area (TPSA) is 29.5 Å². The Balaban J connectivity index is 2.60. The van der Waals surface area contributed by atoms with Crippen LogP contribution in [0.15, 0.2) is 23.5 Å². The molecule has 0 fully saturated rings. The second-order valence-electron chi connectivity index (χ2n) is 2.63. The zero-order valence-electron chi connectivity index (χ0n) is 7.00. The molecular weight excluding hydrogens is 140 g/mol. The third-order valence-corrected chi connectivity index (χ3v) is 1.77. The summed E-state index contributed by atoms with van der Waals surface area (Å²) in [5.41, 5.74) is 0.982. The summed E-state index contributed by atoms with van der Waals surface area (Å²) in [4.78, 5) is 0. The molecule has 0 aromatic heterocycles. The Bertz CT molecular complexity index is 192. The summed E-state index contributed by atoms with van der Waals surface area (Å²) in [6.07, 6.45) is 4.29.